The van der Waals surface area contributed by atoms with Crippen LogP contribution in [0.1, 0.15) is 30.1 Å². The Morgan fingerprint density at radius 3 is 2.73 bits per heavy atom. The Morgan fingerprint density at radius 2 is 2.13 bits per heavy atom. The third-order valence-electron chi connectivity index (χ3n) is 2.13. The molecule has 0 aliphatic carbocycles. The van der Waals surface area contributed by atoms with Gasteiger partial charge in [-0.2, -0.15) is 0 Å². The minimum absolute atomic E-state index is 0.268. The molecule has 1 aromatic carbocycles. The van der Waals surface area contributed by atoms with Gasteiger partial charge in [-0.05, 0) is 24.6 Å². The van der Waals surface area contributed by atoms with Crippen molar-refractivity contribution in [3.63, 3.8) is 0 Å². The van der Waals surface area contributed by atoms with Crippen LogP contribution in [0.5, 0.6) is 0 Å². The van der Waals surface area contributed by atoms with E-state index in [0.717, 1.165) is 24.6 Å². The van der Waals surface area contributed by atoms with Gasteiger partial charge in [0.25, 0.3) is 0 Å². The van der Waals surface area contributed by atoms with Gasteiger partial charge in [-0.25, -0.2) is 8.78 Å². The van der Waals surface area contributed by atoms with Gasteiger partial charge in [0.2, 0.25) is 0 Å². The van der Waals surface area contributed by atoms with Crippen LogP contribution in [0, 0.1) is 11.6 Å². The zero-order valence-corrected chi connectivity index (χ0v) is 8.47. The van der Waals surface area contributed by atoms with E-state index in [1.807, 2.05) is 6.92 Å². The molecule has 1 unspecified atom stereocenters. The molecule has 15 heavy (non-hydrogen) atoms. The number of hydrogen-bond donors (Lipinski definition) is 1. The van der Waals surface area contributed by atoms with Gasteiger partial charge in [0.1, 0.15) is 11.6 Å². The van der Waals surface area contributed by atoms with E-state index in [-0.39, 0.29) is 5.56 Å². The molecular weight excluding hydrogens is 200 g/mol. The number of Topliss-reactive ketones (excluding diaryl/α,β-unsaturated/α-hetero) is 1. The number of nitrogens with two attached hydrogens (primary N) is 1. The molecule has 2 N–H and O–H groups in total. The first-order chi connectivity index (χ1) is 7.06. The van der Waals surface area contributed by atoms with Crippen molar-refractivity contribution in [1.29, 1.82) is 0 Å². The molecule has 1 atom stereocenters. The molecule has 0 saturated heterocycles. The fourth-order valence-corrected chi connectivity index (χ4v) is 1.33. The number of ketones is 1. The van der Waals surface area contributed by atoms with E-state index in [9.17, 15) is 13.6 Å². The summed E-state index contributed by atoms with van der Waals surface area (Å²) in [6.45, 7) is 1.87. The number of benzene rings is 1. The summed E-state index contributed by atoms with van der Waals surface area (Å²) in [7, 11) is 0. The predicted molar refractivity (Wildman–Crippen MR) is 53.6 cm³/mol. The molecule has 1 aromatic rings. The molecule has 4 heteroatoms. The third kappa shape index (κ3) is 2.83. The second-order valence-electron chi connectivity index (χ2n) is 3.38. The second-order valence-corrected chi connectivity index (χ2v) is 3.38. The van der Waals surface area contributed by atoms with E-state index in [2.05, 4.69) is 0 Å². The largest absolute Gasteiger partial charge is 0.321 e. The quantitative estimate of drug-likeness (QED) is 0.779. The van der Waals surface area contributed by atoms with Gasteiger partial charge < -0.3 is 5.73 Å². The summed E-state index contributed by atoms with van der Waals surface area (Å²) < 4.78 is 26.0. The van der Waals surface area contributed by atoms with Crippen molar-refractivity contribution >= 4 is 5.78 Å². The summed E-state index contributed by atoms with van der Waals surface area (Å²) in [5.41, 5.74) is 5.27. The summed E-state index contributed by atoms with van der Waals surface area (Å²) in [4.78, 5) is 11.6. The lowest BCUT2D eigenvalue weighted by Gasteiger charge is -2.09. The highest BCUT2D eigenvalue weighted by atomic mass is 19.1. The molecule has 0 spiro atoms. The first-order valence-corrected chi connectivity index (χ1v) is 4.81. The molecule has 0 radical (unpaired) electrons. The van der Waals surface area contributed by atoms with E-state index in [1.165, 1.54) is 0 Å². The summed E-state index contributed by atoms with van der Waals surface area (Å²) in [6.07, 6.45) is 1.19. The Kier molecular flexibility index (Phi) is 3.91. The average Bonchev–Trinajstić information content (AvgIpc) is 2.21. The molecule has 1 rings (SSSR count). The lowest BCUT2D eigenvalue weighted by molar-refractivity contribution is 0.0952. The number of halogens is 2. The highest BCUT2D eigenvalue weighted by Gasteiger charge is 2.18. The van der Waals surface area contributed by atoms with Gasteiger partial charge in [-0.3, -0.25) is 4.79 Å². The molecule has 0 heterocycles. The lowest BCUT2D eigenvalue weighted by atomic mass is 10.0. The highest BCUT2D eigenvalue weighted by Crippen LogP contribution is 2.13. The number of rotatable bonds is 4. The van der Waals surface area contributed by atoms with E-state index in [4.69, 9.17) is 5.73 Å². The Bertz CT molecular complexity index is 366. The Morgan fingerprint density at radius 1 is 1.47 bits per heavy atom. The fraction of sp³-hybridized carbons (Fsp3) is 0.364. The standard InChI is InChI=1S/C11H13F2NO/c1-2-3-10(14)11(15)8-6-7(12)4-5-9(8)13/h4-6,10H,2-3,14H2,1H3. The van der Waals surface area contributed by atoms with E-state index >= 15 is 0 Å². The summed E-state index contributed by atoms with van der Waals surface area (Å²) in [5, 5.41) is 0. The van der Waals surface area contributed by atoms with E-state index in [1.54, 1.807) is 0 Å². The summed E-state index contributed by atoms with van der Waals surface area (Å²) in [6, 6.07) is 2.03. The third-order valence-corrected chi connectivity index (χ3v) is 2.13. The van der Waals surface area contributed by atoms with Crippen LogP contribution in [0.15, 0.2) is 18.2 Å². The van der Waals surface area contributed by atoms with Crippen LogP contribution in [-0.4, -0.2) is 11.8 Å². The lowest BCUT2D eigenvalue weighted by Crippen LogP contribution is -2.30. The second kappa shape index (κ2) is 4.98. The van der Waals surface area contributed by atoms with Crippen molar-refractivity contribution in [2.75, 3.05) is 0 Å². The van der Waals surface area contributed by atoms with Crippen molar-refractivity contribution < 1.29 is 13.6 Å². The first-order valence-electron chi connectivity index (χ1n) is 4.81. The minimum atomic E-state index is -0.758. The van der Waals surface area contributed by atoms with Crippen LogP contribution in [0.2, 0.25) is 0 Å². The van der Waals surface area contributed by atoms with Crippen LogP contribution in [0.4, 0.5) is 8.78 Å². The highest BCUT2D eigenvalue weighted by molar-refractivity contribution is 6.00. The SMILES string of the molecule is CCCC(N)C(=O)c1cc(F)ccc1F. The number of carbonyl (C=O) groups excluding carboxylic acids is 1. The minimum Gasteiger partial charge on any atom is -0.321 e. The average molecular weight is 213 g/mol. The maximum absolute atomic E-state index is 13.2. The molecule has 0 bridgehead atoms. The molecule has 0 amide bonds. The number of carbonyl (C=O) groups is 1. The fourth-order valence-electron chi connectivity index (χ4n) is 1.33. The Balaban J connectivity index is 2.95. The van der Waals surface area contributed by atoms with Gasteiger partial charge in [0, 0.05) is 0 Å². The van der Waals surface area contributed by atoms with Gasteiger partial charge in [-0.1, -0.05) is 13.3 Å². The summed E-state index contributed by atoms with van der Waals surface area (Å²) in [5.74, 6) is -1.91. The molecule has 0 aliphatic heterocycles. The Labute approximate surface area is 87.1 Å². The van der Waals surface area contributed by atoms with Gasteiger partial charge >= 0.3 is 0 Å². The zero-order chi connectivity index (χ0) is 11.4. The monoisotopic (exact) mass is 213 g/mol. The normalized spacial score (nSPS) is 12.5. The van der Waals surface area contributed by atoms with Crippen molar-refractivity contribution in [2.45, 2.75) is 25.8 Å². The molecule has 82 valence electrons. The van der Waals surface area contributed by atoms with E-state index in [0.29, 0.717) is 6.42 Å². The van der Waals surface area contributed by atoms with Crippen molar-refractivity contribution in [3.05, 3.63) is 35.4 Å². The molecule has 0 fully saturated rings. The molecule has 0 aliphatic rings. The maximum Gasteiger partial charge on any atom is 0.182 e. The number of hydrogen-bond acceptors (Lipinski definition) is 2. The van der Waals surface area contributed by atoms with Gasteiger partial charge in [-0.15, -0.1) is 0 Å². The molecule has 2 nitrogen and oxygen atoms in total. The first kappa shape index (κ1) is 11.8. The molecule has 0 aromatic heterocycles. The van der Waals surface area contributed by atoms with Gasteiger partial charge in [0.15, 0.2) is 5.78 Å². The topological polar surface area (TPSA) is 43.1 Å². The van der Waals surface area contributed by atoms with Crippen LogP contribution in [0.25, 0.3) is 0 Å². The van der Waals surface area contributed by atoms with Gasteiger partial charge in [0.05, 0.1) is 11.6 Å². The van der Waals surface area contributed by atoms with Crippen LogP contribution < -0.4 is 5.73 Å². The zero-order valence-electron chi connectivity index (χ0n) is 8.47. The summed E-state index contributed by atoms with van der Waals surface area (Å²) >= 11 is 0. The maximum atomic E-state index is 13.2. The Hall–Kier alpha value is -1.29. The van der Waals surface area contributed by atoms with Crippen LogP contribution >= 0.6 is 0 Å². The molecule has 0 saturated carbocycles. The van der Waals surface area contributed by atoms with Crippen molar-refractivity contribution in [2.24, 2.45) is 5.73 Å². The predicted octanol–water partition coefficient (Wildman–Crippen LogP) is 2.27. The van der Waals surface area contributed by atoms with E-state index < -0.39 is 23.5 Å². The van der Waals surface area contributed by atoms with Crippen LogP contribution in [-0.2, 0) is 0 Å². The van der Waals surface area contributed by atoms with Crippen molar-refractivity contribution in [3.8, 4) is 0 Å². The smallest absolute Gasteiger partial charge is 0.182 e. The van der Waals surface area contributed by atoms with Crippen molar-refractivity contribution in [1.82, 2.24) is 0 Å². The molecular formula is C11H13F2NO. The van der Waals surface area contributed by atoms with Crippen LogP contribution in [0.3, 0.4) is 0 Å².